The molecule has 2 aliphatic rings. The van der Waals surface area contributed by atoms with Gasteiger partial charge in [0.15, 0.2) is 0 Å². The number of nitrogens with one attached hydrogen (secondary N) is 2. The highest BCUT2D eigenvalue weighted by atomic mass is 35.5. The Balaban J connectivity index is 0.00000210. The zero-order valence-corrected chi connectivity index (χ0v) is 15.9. The zero-order valence-electron chi connectivity index (χ0n) is 15.1. The van der Waals surface area contributed by atoms with Crippen molar-refractivity contribution in [1.29, 1.82) is 0 Å². The molecule has 0 atom stereocenters. The molecular formula is C21H24ClN3O2. The maximum Gasteiger partial charge on any atom is 0.258 e. The Morgan fingerprint density at radius 2 is 1.89 bits per heavy atom. The van der Waals surface area contributed by atoms with E-state index in [9.17, 15) is 9.59 Å². The Bertz CT molecular complexity index is 836. The van der Waals surface area contributed by atoms with E-state index in [1.807, 2.05) is 35.2 Å². The third-order valence-corrected chi connectivity index (χ3v) is 4.94. The molecule has 0 aromatic heterocycles. The van der Waals surface area contributed by atoms with Crippen LogP contribution in [0, 0.1) is 5.92 Å². The first kappa shape index (κ1) is 19.4. The van der Waals surface area contributed by atoms with Crippen LogP contribution in [0.25, 0.3) is 0 Å². The molecule has 2 N–H and O–H groups in total. The topological polar surface area (TPSA) is 61.4 Å². The van der Waals surface area contributed by atoms with Gasteiger partial charge in [-0.05, 0) is 61.6 Å². The van der Waals surface area contributed by atoms with Gasteiger partial charge in [-0.2, -0.15) is 0 Å². The normalized spacial score (nSPS) is 15.0. The van der Waals surface area contributed by atoms with Crippen LogP contribution >= 0.6 is 12.4 Å². The van der Waals surface area contributed by atoms with Crippen molar-refractivity contribution in [1.82, 2.24) is 5.32 Å². The summed E-state index contributed by atoms with van der Waals surface area (Å²) in [5, 5.41) is 6.04. The van der Waals surface area contributed by atoms with Gasteiger partial charge in [0.05, 0.1) is 6.54 Å². The number of amides is 2. The van der Waals surface area contributed by atoms with Crippen LogP contribution in [0.5, 0.6) is 0 Å². The lowest BCUT2D eigenvalue weighted by Gasteiger charge is -2.18. The van der Waals surface area contributed by atoms with E-state index >= 15 is 0 Å². The molecule has 1 aliphatic heterocycles. The number of anilines is 2. The molecule has 0 bridgehead atoms. The molecule has 2 aromatic rings. The average molecular weight is 386 g/mol. The van der Waals surface area contributed by atoms with E-state index in [4.69, 9.17) is 0 Å². The van der Waals surface area contributed by atoms with Crippen LogP contribution in [0.15, 0.2) is 48.5 Å². The van der Waals surface area contributed by atoms with Crippen LogP contribution < -0.4 is 15.5 Å². The summed E-state index contributed by atoms with van der Waals surface area (Å²) in [6.07, 6.45) is 3.40. The number of benzene rings is 2. The van der Waals surface area contributed by atoms with Gasteiger partial charge in [0.1, 0.15) is 0 Å². The van der Waals surface area contributed by atoms with Gasteiger partial charge in [0.25, 0.3) is 5.91 Å². The number of nitrogens with zero attached hydrogens (tertiary/aromatic N) is 1. The Morgan fingerprint density at radius 1 is 1.07 bits per heavy atom. The van der Waals surface area contributed by atoms with Crippen molar-refractivity contribution in [2.24, 2.45) is 5.92 Å². The number of carbonyl (C=O) groups is 2. The number of hydrogen-bond donors (Lipinski definition) is 2. The van der Waals surface area contributed by atoms with Gasteiger partial charge < -0.3 is 15.5 Å². The first-order chi connectivity index (χ1) is 12.7. The van der Waals surface area contributed by atoms with Crippen LogP contribution in [0.2, 0.25) is 0 Å². The third kappa shape index (κ3) is 4.67. The standard InChI is InChI=1S/C21H23N3O2.ClH/c25-20(14-22-13-15-8-9-15)23-18-6-3-5-17(12-18)21(26)24-11-10-16-4-1-2-7-19(16)24;/h1-7,12,15,22H,8-11,13-14H2,(H,23,25);1H. The summed E-state index contributed by atoms with van der Waals surface area (Å²) in [4.78, 5) is 26.8. The second-order valence-electron chi connectivity index (χ2n) is 7.04. The predicted molar refractivity (Wildman–Crippen MR) is 110 cm³/mol. The fourth-order valence-electron chi connectivity index (χ4n) is 3.35. The van der Waals surface area contributed by atoms with Crippen molar-refractivity contribution in [2.75, 3.05) is 29.9 Å². The first-order valence-electron chi connectivity index (χ1n) is 9.21. The van der Waals surface area contributed by atoms with E-state index in [2.05, 4.69) is 16.7 Å². The van der Waals surface area contributed by atoms with Gasteiger partial charge in [-0.25, -0.2) is 0 Å². The van der Waals surface area contributed by atoms with Gasteiger partial charge in [-0.1, -0.05) is 24.3 Å². The minimum absolute atomic E-state index is 0. The molecule has 4 rings (SSSR count). The molecule has 142 valence electrons. The molecular weight excluding hydrogens is 362 g/mol. The number of hydrogen-bond acceptors (Lipinski definition) is 3. The minimum Gasteiger partial charge on any atom is -0.325 e. The van der Waals surface area contributed by atoms with E-state index in [1.165, 1.54) is 18.4 Å². The van der Waals surface area contributed by atoms with E-state index < -0.39 is 0 Å². The van der Waals surface area contributed by atoms with Gasteiger partial charge in [-0.3, -0.25) is 9.59 Å². The summed E-state index contributed by atoms with van der Waals surface area (Å²) in [5.41, 5.74) is 3.43. The average Bonchev–Trinajstić information content (AvgIpc) is 3.38. The molecule has 1 aliphatic carbocycles. The van der Waals surface area contributed by atoms with Crippen LogP contribution in [0.4, 0.5) is 11.4 Å². The number of fused-ring (bicyclic) bond motifs is 1. The molecule has 0 unspecified atom stereocenters. The third-order valence-electron chi connectivity index (χ3n) is 4.94. The minimum atomic E-state index is -0.0817. The zero-order chi connectivity index (χ0) is 17.9. The van der Waals surface area contributed by atoms with Gasteiger partial charge in [-0.15, -0.1) is 12.4 Å². The maximum absolute atomic E-state index is 12.9. The lowest BCUT2D eigenvalue weighted by Crippen LogP contribution is -2.30. The van der Waals surface area contributed by atoms with Crippen LogP contribution in [0.3, 0.4) is 0 Å². The molecule has 1 saturated carbocycles. The van der Waals surface area contributed by atoms with Crippen LogP contribution in [-0.4, -0.2) is 31.4 Å². The Kier molecular flexibility index (Phi) is 6.14. The largest absolute Gasteiger partial charge is 0.325 e. The monoisotopic (exact) mass is 385 g/mol. The van der Waals surface area contributed by atoms with Crippen molar-refractivity contribution in [3.8, 4) is 0 Å². The number of carbonyl (C=O) groups excluding carboxylic acids is 2. The van der Waals surface area contributed by atoms with Gasteiger partial charge in [0.2, 0.25) is 5.91 Å². The molecule has 0 spiro atoms. The number of rotatable bonds is 6. The fraction of sp³-hybridized carbons (Fsp3) is 0.333. The Labute approximate surface area is 165 Å². The van der Waals surface area contributed by atoms with Gasteiger partial charge >= 0.3 is 0 Å². The SMILES string of the molecule is Cl.O=C(CNCC1CC1)Nc1cccc(C(=O)N2CCc3ccccc32)c1. The van der Waals surface area contributed by atoms with E-state index in [1.54, 1.807) is 12.1 Å². The fourth-order valence-corrected chi connectivity index (χ4v) is 3.35. The van der Waals surface area contributed by atoms with E-state index in [0.717, 1.165) is 24.6 Å². The van der Waals surface area contributed by atoms with E-state index in [0.29, 0.717) is 24.3 Å². The summed E-state index contributed by atoms with van der Waals surface area (Å²) in [5.74, 6) is 0.631. The summed E-state index contributed by atoms with van der Waals surface area (Å²) < 4.78 is 0. The second-order valence-corrected chi connectivity index (χ2v) is 7.04. The molecule has 1 fully saturated rings. The molecule has 1 heterocycles. The highest BCUT2D eigenvalue weighted by molar-refractivity contribution is 6.08. The Morgan fingerprint density at radius 3 is 2.70 bits per heavy atom. The van der Waals surface area contributed by atoms with Crippen LogP contribution in [-0.2, 0) is 11.2 Å². The first-order valence-corrected chi connectivity index (χ1v) is 9.21. The van der Waals surface area contributed by atoms with Crippen molar-refractivity contribution < 1.29 is 9.59 Å². The molecule has 5 nitrogen and oxygen atoms in total. The van der Waals surface area contributed by atoms with Crippen molar-refractivity contribution in [3.63, 3.8) is 0 Å². The lowest BCUT2D eigenvalue weighted by molar-refractivity contribution is -0.115. The number of para-hydroxylation sites is 1. The van der Waals surface area contributed by atoms with Crippen molar-refractivity contribution in [3.05, 3.63) is 59.7 Å². The maximum atomic E-state index is 12.9. The summed E-state index contributed by atoms with van der Waals surface area (Å²) in [7, 11) is 0. The highest BCUT2D eigenvalue weighted by Crippen LogP contribution is 2.29. The molecule has 0 radical (unpaired) electrons. The molecule has 0 saturated heterocycles. The summed E-state index contributed by atoms with van der Waals surface area (Å²) in [6.45, 7) is 1.90. The van der Waals surface area contributed by atoms with E-state index in [-0.39, 0.29) is 24.2 Å². The van der Waals surface area contributed by atoms with Gasteiger partial charge in [0, 0.05) is 23.5 Å². The molecule has 2 amide bonds. The number of halogens is 1. The van der Waals surface area contributed by atoms with Crippen molar-refractivity contribution in [2.45, 2.75) is 19.3 Å². The summed E-state index contributed by atoms with van der Waals surface area (Å²) >= 11 is 0. The van der Waals surface area contributed by atoms with Crippen LogP contribution in [0.1, 0.15) is 28.8 Å². The smallest absolute Gasteiger partial charge is 0.258 e. The molecule has 6 heteroatoms. The lowest BCUT2D eigenvalue weighted by atomic mass is 10.1. The van der Waals surface area contributed by atoms with Crippen molar-refractivity contribution >= 4 is 35.6 Å². The molecule has 27 heavy (non-hydrogen) atoms. The second kappa shape index (κ2) is 8.55. The molecule has 2 aromatic carbocycles. The quantitative estimate of drug-likeness (QED) is 0.802. The highest BCUT2D eigenvalue weighted by Gasteiger charge is 2.25. The predicted octanol–water partition coefficient (Wildman–Crippen LogP) is 3.25. The summed E-state index contributed by atoms with van der Waals surface area (Å²) in [6, 6.07) is 15.2. The Hall–Kier alpha value is -2.37.